The van der Waals surface area contributed by atoms with E-state index in [1.165, 1.54) is 0 Å². The van der Waals surface area contributed by atoms with E-state index in [9.17, 15) is 9.59 Å². The minimum Gasteiger partial charge on any atom is -0.353 e. The highest BCUT2D eigenvalue weighted by Crippen LogP contribution is 2.42. The zero-order chi connectivity index (χ0) is 16.3. The lowest BCUT2D eigenvalue weighted by atomic mass is 9.83. The van der Waals surface area contributed by atoms with Gasteiger partial charge < -0.3 is 10.1 Å². The third-order valence-electron chi connectivity index (χ3n) is 5.19. The molecule has 2 aliphatic rings. The lowest BCUT2D eigenvalue weighted by Crippen LogP contribution is -2.57. The third-order valence-corrected chi connectivity index (χ3v) is 5.19. The van der Waals surface area contributed by atoms with Gasteiger partial charge in [-0.25, -0.2) is 0 Å². The summed E-state index contributed by atoms with van der Waals surface area (Å²) in [6.45, 7) is 8.43. The van der Waals surface area contributed by atoms with Crippen LogP contribution in [0, 0.1) is 5.92 Å². The van der Waals surface area contributed by atoms with E-state index in [4.69, 9.17) is 4.74 Å². The van der Waals surface area contributed by atoms with Crippen molar-refractivity contribution in [1.82, 2.24) is 10.2 Å². The van der Waals surface area contributed by atoms with Crippen LogP contribution >= 0.6 is 0 Å². The summed E-state index contributed by atoms with van der Waals surface area (Å²) in [6, 6.07) is -0.358. The Kier molecular flexibility index (Phi) is 5.48. The van der Waals surface area contributed by atoms with Gasteiger partial charge in [-0.2, -0.15) is 0 Å². The molecule has 1 heterocycles. The molecule has 2 amide bonds. The topological polar surface area (TPSA) is 58.6 Å². The molecular weight excluding hydrogens is 280 g/mol. The Hall–Kier alpha value is -1.10. The molecule has 1 aliphatic heterocycles. The van der Waals surface area contributed by atoms with Gasteiger partial charge in [0.05, 0.1) is 6.61 Å². The monoisotopic (exact) mass is 310 g/mol. The number of hydrogen-bond donors (Lipinski definition) is 1. The largest absolute Gasteiger partial charge is 0.353 e. The van der Waals surface area contributed by atoms with Gasteiger partial charge in [0.25, 0.3) is 0 Å². The normalized spacial score (nSPS) is 33.0. The van der Waals surface area contributed by atoms with E-state index in [-0.39, 0.29) is 17.9 Å². The molecule has 1 aliphatic carbocycles. The average molecular weight is 310 g/mol. The number of carbonyl (C=O) groups excluding carboxylic acids is 2. The minimum atomic E-state index is -0.545. The first kappa shape index (κ1) is 17.3. The molecule has 0 bridgehead atoms. The fourth-order valence-electron chi connectivity index (χ4n) is 3.47. The van der Waals surface area contributed by atoms with Crippen LogP contribution in [0.5, 0.6) is 0 Å². The molecule has 126 valence electrons. The lowest BCUT2D eigenvalue weighted by Gasteiger charge is -2.43. The Bertz CT molecular complexity index is 416. The summed E-state index contributed by atoms with van der Waals surface area (Å²) in [5, 5.41) is 3.00. The molecule has 5 nitrogen and oxygen atoms in total. The van der Waals surface area contributed by atoms with Crippen LogP contribution in [0.25, 0.3) is 0 Å². The number of nitrogens with zero attached hydrogens (tertiary/aromatic N) is 1. The quantitative estimate of drug-likeness (QED) is 0.867. The van der Waals surface area contributed by atoms with Crippen molar-refractivity contribution in [1.29, 1.82) is 0 Å². The van der Waals surface area contributed by atoms with Gasteiger partial charge in [0, 0.05) is 12.5 Å². The van der Waals surface area contributed by atoms with Gasteiger partial charge in [-0.1, -0.05) is 20.8 Å². The van der Waals surface area contributed by atoms with Crippen LogP contribution in [0.15, 0.2) is 0 Å². The van der Waals surface area contributed by atoms with Crippen molar-refractivity contribution in [2.45, 2.75) is 84.0 Å². The molecule has 0 aromatic heterocycles. The summed E-state index contributed by atoms with van der Waals surface area (Å²) in [5.74, 6) is 0.615. The van der Waals surface area contributed by atoms with Gasteiger partial charge in [-0.05, 0) is 44.9 Å². The molecule has 2 atom stereocenters. The van der Waals surface area contributed by atoms with Gasteiger partial charge in [-0.15, -0.1) is 0 Å². The second-order valence-corrected chi connectivity index (χ2v) is 6.89. The minimum absolute atomic E-state index is 0.0244. The maximum atomic E-state index is 12.6. The first-order valence-electron chi connectivity index (χ1n) is 8.70. The van der Waals surface area contributed by atoms with Gasteiger partial charge in [0.15, 0.2) is 0 Å². The summed E-state index contributed by atoms with van der Waals surface area (Å²) in [5.41, 5.74) is -0.545. The highest BCUT2D eigenvalue weighted by atomic mass is 16.5. The molecule has 2 rings (SSSR count). The maximum Gasteiger partial charge on any atom is 0.245 e. The Balaban J connectivity index is 2.17. The summed E-state index contributed by atoms with van der Waals surface area (Å²) in [7, 11) is 0. The summed E-state index contributed by atoms with van der Waals surface area (Å²) in [6.07, 6.45) is 5.07. The number of carbonyl (C=O) groups is 2. The number of rotatable bonds is 4. The first-order chi connectivity index (χ1) is 10.4. The number of nitrogens with one attached hydrogen (secondary N) is 1. The predicted octanol–water partition coefficient (Wildman–Crippen LogP) is 2.44. The summed E-state index contributed by atoms with van der Waals surface area (Å²) < 4.78 is 6.06. The Morgan fingerprint density at radius 1 is 1.32 bits per heavy atom. The standard InChI is InChI=1S/C17H30N2O3/c1-5-13(4)18-16(21)14-11-22-17(19(14)15(20)6-2)9-7-12(3)8-10-17/h12-14H,5-11H2,1-4H3,(H,18,21)/t12?,13-,14-,17?/m1/s1. The second kappa shape index (κ2) is 6.99. The van der Waals surface area contributed by atoms with Crippen LogP contribution in [0.1, 0.15) is 66.2 Å². The van der Waals surface area contributed by atoms with Crippen LogP contribution in [-0.2, 0) is 14.3 Å². The molecule has 5 heteroatoms. The van der Waals surface area contributed by atoms with E-state index in [1.54, 1.807) is 4.90 Å². The number of hydrogen-bond acceptors (Lipinski definition) is 3. The van der Waals surface area contributed by atoms with Crippen LogP contribution in [0.2, 0.25) is 0 Å². The molecule has 1 saturated carbocycles. The highest BCUT2D eigenvalue weighted by molar-refractivity contribution is 5.88. The molecule has 0 aromatic carbocycles. The SMILES string of the molecule is CCC(=O)N1[C@@H](C(=O)N[C@H](C)CC)COC12CCC(C)CC2. The predicted molar refractivity (Wildman–Crippen MR) is 85.1 cm³/mol. The zero-order valence-electron chi connectivity index (χ0n) is 14.4. The Morgan fingerprint density at radius 3 is 2.50 bits per heavy atom. The fraction of sp³-hybridized carbons (Fsp3) is 0.882. The number of amides is 2. The highest BCUT2D eigenvalue weighted by Gasteiger charge is 2.52. The van der Waals surface area contributed by atoms with Crippen molar-refractivity contribution in [2.24, 2.45) is 5.92 Å². The molecule has 1 N–H and O–H groups in total. The lowest BCUT2D eigenvalue weighted by molar-refractivity contribution is -0.161. The molecule has 22 heavy (non-hydrogen) atoms. The van der Waals surface area contributed by atoms with Crippen molar-refractivity contribution in [2.75, 3.05) is 6.61 Å². The molecule has 2 fully saturated rings. The van der Waals surface area contributed by atoms with Crippen molar-refractivity contribution in [3.8, 4) is 0 Å². The van der Waals surface area contributed by atoms with Crippen molar-refractivity contribution in [3.63, 3.8) is 0 Å². The van der Waals surface area contributed by atoms with Gasteiger partial charge in [-0.3, -0.25) is 14.5 Å². The van der Waals surface area contributed by atoms with Gasteiger partial charge >= 0.3 is 0 Å². The van der Waals surface area contributed by atoms with Crippen molar-refractivity contribution in [3.05, 3.63) is 0 Å². The Labute approximate surface area is 133 Å². The van der Waals surface area contributed by atoms with Gasteiger partial charge in [0.1, 0.15) is 11.8 Å². The smallest absolute Gasteiger partial charge is 0.245 e. The molecular formula is C17H30N2O3. The van der Waals surface area contributed by atoms with Crippen molar-refractivity contribution >= 4 is 11.8 Å². The van der Waals surface area contributed by atoms with Crippen molar-refractivity contribution < 1.29 is 14.3 Å². The van der Waals surface area contributed by atoms with Crippen LogP contribution < -0.4 is 5.32 Å². The molecule has 0 radical (unpaired) electrons. The van der Waals surface area contributed by atoms with E-state index >= 15 is 0 Å². The average Bonchev–Trinajstić information content (AvgIpc) is 2.88. The summed E-state index contributed by atoms with van der Waals surface area (Å²) in [4.78, 5) is 26.8. The second-order valence-electron chi connectivity index (χ2n) is 6.89. The van der Waals surface area contributed by atoms with E-state index in [2.05, 4.69) is 12.2 Å². The number of ether oxygens (including phenoxy) is 1. The van der Waals surface area contributed by atoms with E-state index in [1.807, 2.05) is 20.8 Å². The molecule has 1 spiro atoms. The van der Waals surface area contributed by atoms with Crippen LogP contribution in [0.3, 0.4) is 0 Å². The molecule has 0 aromatic rings. The van der Waals surface area contributed by atoms with Gasteiger partial charge in [0.2, 0.25) is 11.8 Å². The fourth-order valence-corrected chi connectivity index (χ4v) is 3.47. The zero-order valence-corrected chi connectivity index (χ0v) is 14.4. The third kappa shape index (κ3) is 3.29. The molecule has 0 unspecified atom stereocenters. The first-order valence-corrected chi connectivity index (χ1v) is 8.70. The molecule has 1 saturated heterocycles. The van der Waals surface area contributed by atoms with E-state index in [0.717, 1.165) is 32.1 Å². The van der Waals surface area contributed by atoms with Crippen LogP contribution in [-0.4, -0.2) is 41.1 Å². The van der Waals surface area contributed by atoms with E-state index < -0.39 is 11.8 Å². The van der Waals surface area contributed by atoms with E-state index in [0.29, 0.717) is 18.9 Å². The Morgan fingerprint density at radius 2 is 1.95 bits per heavy atom. The maximum absolute atomic E-state index is 12.6. The van der Waals surface area contributed by atoms with Crippen LogP contribution in [0.4, 0.5) is 0 Å². The summed E-state index contributed by atoms with van der Waals surface area (Å²) >= 11 is 0.